The molecule has 4 aliphatic rings. The molecule has 4 nitrogen and oxygen atoms in total. The third-order valence-electron chi connectivity index (χ3n) is 7.15. The van der Waals surface area contributed by atoms with Crippen molar-refractivity contribution in [3.05, 3.63) is 84.2 Å². The van der Waals surface area contributed by atoms with E-state index in [4.69, 9.17) is 0 Å². The van der Waals surface area contributed by atoms with Gasteiger partial charge < -0.3 is 20.9 Å². The van der Waals surface area contributed by atoms with Crippen molar-refractivity contribution in [2.24, 2.45) is 0 Å². The lowest BCUT2D eigenvalue weighted by Crippen LogP contribution is -2.51. The van der Waals surface area contributed by atoms with Crippen molar-refractivity contribution in [1.29, 1.82) is 0 Å². The van der Waals surface area contributed by atoms with Gasteiger partial charge in [0.15, 0.2) is 0 Å². The Morgan fingerprint density at radius 3 is 2.68 bits per heavy atom. The average Bonchev–Trinajstić information content (AvgIpc) is 3.06. The molecule has 0 bridgehead atoms. The van der Waals surface area contributed by atoms with Crippen molar-refractivity contribution >= 4 is 0 Å². The summed E-state index contributed by atoms with van der Waals surface area (Å²) in [5, 5.41) is 10.7. The third-order valence-corrected chi connectivity index (χ3v) is 7.15. The summed E-state index contributed by atoms with van der Waals surface area (Å²) >= 11 is 0. The van der Waals surface area contributed by atoms with Crippen LogP contribution < -0.4 is 16.0 Å². The second kappa shape index (κ2) is 8.86. The fourth-order valence-corrected chi connectivity index (χ4v) is 5.42. The SMILES string of the molecule is C=C(CC1(CN2CC3=C(C=C(CC)C=CC3)C2=C)NC(=C)NC1=C)NC1CCCCC1. The van der Waals surface area contributed by atoms with E-state index < -0.39 is 0 Å². The highest BCUT2D eigenvalue weighted by Crippen LogP contribution is 2.37. The fourth-order valence-electron chi connectivity index (χ4n) is 5.42. The fraction of sp³-hybridized carbons (Fsp3) is 0.481. The Kier molecular flexibility index (Phi) is 6.17. The van der Waals surface area contributed by atoms with E-state index in [1.807, 2.05) is 0 Å². The lowest BCUT2D eigenvalue weighted by Gasteiger charge is -2.37. The van der Waals surface area contributed by atoms with E-state index in [0.29, 0.717) is 6.04 Å². The van der Waals surface area contributed by atoms with E-state index in [1.54, 1.807) is 0 Å². The quantitative estimate of drug-likeness (QED) is 0.535. The number of nitrogens with one attached hydrogen (secondary N) is 3. The zero-order valence-electron chi connectivity index (χ0n) is 19.2. The van der Waals surface area contributed by atoms with E-state index in [2.05, 4.69) is 72.3 Å². The van der Waals surface area contributed by atoms with Gasteiger partial charge in [-0.3, -0.25) is 0 Å². The van der Waals surface area contributed by atoms with Crippen LogP contribution in [0.5, 0.6) is 0 Å². The topological polar surface area (TPSA) is 39.3 Å². The van der Waals surface area contributed by atoms with Crippen molar-refractivity contribution in [3.8, 4) is 0 Å². The molecule has 31 heavy (non-hydrogen) atoms. The Morgan fingerprint density at radius 1 is 1.23 bits per heavy atom. The first kappa shape index (κ1) is 21.6. The van der Waals surface area contributed by atoms with Gasteiger partial charge >= 0.3 is 0 Å². The molecule has 2 heterocycles. The molecule has 1 saturated heterocycles. The van der Waals surface area contributed by atoms with Gasteiger partial charge in [-0.05, 0) is 48.5 Å². The smallest absolute Gasteiger partial charge is 0.101 e. The first-order valence-electron chi connectivity index (χ1n) is 11.8. The molecule has 0 aromatic carbocycles. The van der Waals surface area contributed by atoms with E-state index >= 15 is 0 Å². The van der Waals surface area contributed by atoms with E-state index in [-0.39, 0.29) is 5.54 Å². The van der Waals surface area contributed by atoms with Crippen LogP contribution in [0.25, 0.3) is 0 Å². The van der Waals surface area contributed by atoms with E-state index in [9.17, 15) is 0 Å². The van der Waals surface area contributed by atoms with Gasteiger partial charge in [0.05, 0.1) is 5.82 Å². The number of hydrogen-bond donors (Lipinski definition) is 3. The summed E-state index contributed by atoms with van der Waals surface area (Å²) < 4.78 is 0. The van der Waals surface area contributed by atoms with Crippen LogP contribution in [0.3, 0.4) is 0 Å². The number of hydrogen-bond acceptors (Lipinski definition) is 4. The zero-order valence-corrected chi connectivity index (χ0v) is 19.2. The molecule has 1 saturated carbocycles. The summed E-state index contributed by atoms with van der Waals surface area (Å²) in [6.07, 6.45) is 16.1. The Bertz CT molecular complexity index is 881. The molecule has 0 aromatic rings. The predicted molar refractivity (Wildman–Crippen MR) is 131 cm³/mol. The molecule has 0 aromatic heterocycles. The zero-order chi connectivity index (χ0) is 22.0. The van der Waals surface area contributed by atoms with Gasteiger partial charge in [0, 0.05) is 42.6 Å². The average molecular weight is 419 g/mol. The lowest BCUT2D eigenvalue weighted by atomic mass is 9.89. The van der Waals surface area contributed by atoms with E-state index in [1.165, 1.54) is 48.8 Å². The largest absolute Gasteiger partial charge is 0.386 e. The minimum Gasteiger partial charge on any atom is -0.386 e. The standard InChI is InChI=1S/C27H38N4/c1-6-23-11-10-12-24-17-31(20(3)26(24)15-23)18-27(21(4)29-22(5)30-27)16-19(2)28-25-13-8-7-9-14-25/h10-11,15,25,28-30H,2-9,12-14,16-18H2,1H3. The van der Waals surface area contributed by atoms with Crippen LogP contribution in [0.2, 0.25) is 0 Å². The highest BCUT2D eigenvalue weighted by Gasteiger charge is 2.43. The van der Waals surface area contributed by atoms with Crippen molar-refractivity contribution in [2.75, 3.05) is 13.1 Å². The van der Waals surface area contributed by atoms with Gasteiger partial charge in [-0.15, -0.1) is 0 Å². The summed E-state index contributed by atoms with van der Waals surface area (Å²) in [4.78, 5) is 2.40. The minimum atomic E-state index is -0.351. The molecule has 4 rings (SSSR count). The van der Waals surface area contributed by atoms with Crippen molar-refractivity contribution in [3.63, 3.8) is 0 Å². The maximum absolute atomic E-state index is 4.48. The summed E-state index contributed by atoms with van der Waals surface area (Å²) in [6.45, 7) is 21.3. The van der Waals surface area contributed by atoms with Gasteiger partial charge in [-0.1, -0.05) is 64.7 Å². The maximum atomic E-state index is 4.48. The van der Waals surface area contributed by atoms with Crippen LogP contribution >= 0.6 is 0 Å². The molecule has 2 fully saturated rings. The Balaban J connectivity index is 1.49. The molecular weight excluding hydrogens is 380 g/mol. The molecule has 0 radical (unpaired) electrons. The highest BCUT2D eigenvalue weighted by molar-refractivity contribution is 5.52. The molecule has 0 amide bonds. The summed E-state index contributed by atoms with van der Waals surface area (Å²) in [6, 6.07) is 0.549. The lowest BCUT2D eigenvalue weighted by molar-refractivity contribution is 0.284. The van der Waals surface area contributed by atoms with Crippen LogP contribution in [0.15, 0.2) is 84.2 Å². The highest BCUT2D eigenvalue weighted by atomic mass is 15.3. The molecule has 166 valence electrons. The van der Waals surface area contributed by atoms with Crippen LogP contribution in [0, 0.1) is 0 Å². The van der Waals surface area contributed by atoms with Gasteiger partial charge in [0.25, 0.3) is 0 Å². The Hall–Kier alpha value is -2.62. The summed E-state index contributed by atoms with van der Waals surface area (Å²) in [5.74, 6) is 0.811. The molecule has 0 spiro atoms. The van der Waals surface area contributed by atoms with Crippen molar-refractivity contribution in [2.45, 2.75) is 69.9 Å². The summed E-state index contributed by atoms with van der Waals surface area (Å²) in [7, 11) is 0. The number of nitrogens with zero attached hydrogens (tertiary/aromatic N) is 1. The summed E-state index contributed by atoms with van der Waals surface area (Å²) in [5.41, 5.74) is 6.93. The molecule has 3 N–H and O–H groups in total. The second-order valence-electron chi connectivity index (χ2n) is 9.55. The predicted octanol–water partition coefficient (Wildman–Crippen LogP) is 5.15. The first-order valence-corrected chi connectivity index (χ1v) is 11.8. The Labute approximate surface area is 188 Å². The van der Waals surface area contributed by atoms with Gasteiger partial charge in [-0.25, -0.2) is 0 Å². The number of allylic oxidation sites excluding steroid dienone is 4. The minimum absolute atomic E-state index is 0.351. The van der Waals surface area contributed by atoms with Crippen LogP contribution in [0.4, 0.5) is 0 Å². The van der Waals surface area contributed by atoms with Crippen LogP contribution in [0.1, 0.15) is 58.3 Å². The number of rotatable bonds is 7. The monoisotopic (exact) mass is 418 g/mol. The van der Waals surface area contributed by atoms with Gasteiger partial charge in [0.1, 0.15) is 5.54 Å². The van der Waals surface area contributed by atoms with Crippen LogP contribution in [-0.4, -0.2) is 29.6 Å². The van der Waals surface area contributed by atoms with Crippen molar-refractivity contribution in [1.82, 2.24) is 20.9 Å². The van der Waals surface area contributed by atoms with Gasteiger partial charge in [-0.2, -0.15) is 0 Å². The first-order chi connectivity index (χ1) is 14.9. The molecule has 2 aliphatic carbocycles. The molecule has 1 atom stereocenters. The van der Waals surface area contributed by atoms with Gasteiger partial charge in [0.2, 0.25) is 0 Å². The molecular formula is C27H38N4. The molecule has 1 unspecified atom stereocenters. The normalized spacial score (nSPS) is 26.4. The van der Waals surface area contributed by atoms with E-state index in [0.717, 1.165) is 55.3 Å². The maximum Gasteiger partial charge on any atom is 0.101 e. The van der Waals surface area contributed by atoms with Crippen LogP contribution in [-0.2, 0) is 0 Å². The third kappa shape index (κ3) is 4.53. The second-order valence-corrected chi connectivity index (χ2v) is 9.55. The molecule has 2 aliphatic heterocycles. The Morgan fingerprint density at radius 2 is 2.00 bits per heavy atom. The molecule has 4 heteroatoms. The van der Waals surface area contributed by atoms with Crippen molar-refractivity contribution < 1.29 is 0 Å².